The van der Waals surface area contributed by atoms with Gasteiger partial charge in [0.1, 0.15) is 0 Å². The summed E-state index contributed by atoms with van der Waals surface area (Å²) in [7, 11) is 1.95. The van der Waals surface area contributed by atoms with Crippen molar-refractivity contribution in [1.82, 2.24) is 20.4 Å². The summed E-state index contributed by atoms with van der Waals surface area (Å²) in [6, 6.07) is 10.7. The van der Waals surface area contributed by atoms with Crippen LogP contribution in [0.2, 0.25) is 0 Å². The lowest BCUT2D eigenvalue weighted by Crippen LogP contribution is -2.37. The molecule has 1 heterocycles. The number of carbonyl (C=O) groups is 1. The van der Waals surface area contributed by atoms with Crippen molar-refractivity contribution < 1.29 is 4.79 Å². The highest BCUT2D eigenvalue weighted by Crippen LogP contribution is 2.24. The number of aromatic nitrogens is 2. The Morgan fingerprint density at radius 1 is 1.31 bits per heavy atom. The Balaban J connectivity index is 1.62. The molecule has 1 atom stereocenters. The molecule has 0 bridgehead atoms. The topological polar surface area (TPSA) is 59.0 Å². The number of benzene rings is 1. The van der Waals surface area contributed by atoms with Gasteiger partial charge in [0.15, 0.2) is 5.69 Å². The molecule has 0 spiro atoms. The molecule has 1 aromatic carbocycles. The summed E-state index contributed by atoms with van der Waals surface area (Å²) in [4.78, 5) is 12.7. The molecule has 140 valence electrons. The van der Waals surface area contributed by atoms with Crippen molar-refractivity contribution in [3.8, 4) is 0 Å². The van der Waals surface area contributed by atoms with E-state index in [2.05, 4.69) is 41.7 Å². The molecule has 1 aliphatic rings. The standard InChI is InChI=1S/C21H30N4O/c1-15(2)14-23-17-9-10-19-18(13-17)20(24-25(19)3)21(26)22-12-11-16-7-5-4-6-8-16/h4-8,15,17,23H,9-14H2,1-3H3,(H,22,26)/t17-/m0/s1. The number of aryl methyl sites for hydroxylation is 1. The van der Waals surface area contributed by atoms with Gasteiger partial charge in [0.05, 0.1) is 0 Å². The Hall–Kier alpha value is -2.14. The van der Waals surface area contributed by atoms with Crippen LogP contribution in [-0.2, 0) is 26.3 Å². The molecular formula is C21H30N4O. The van der Waals surface area contributed by atoms with Crippen LogP contribution in [0.3, 0.4) is 0 Å². The smallest absolute Gasteiger partial charge is 0.272 e. The van der Waals surface area contributed by atoms with Gasteiger partial charge in [-0.3, -0.25) is 9.48 Å². The van der Waals surface area contributed by atoms with Crippen LogP contribution in [0.1, 0.15) is 47.6 Å². The minimum Gasteiger partial charge on any atom is -0.350 e. The van der Waals surface area contributed by atoms with Gasteiger partial charge in [-0.05, 0) is 43.7 Å². The van der Waals surface area contributed by atoms with Crippen molar-refractivity contribution in [2.45, 2.75) is 45.6 Å². The number of carbonyl (C=O) groups excluding carboxylic acids is 1. The first-order valence-corrected chi connectivity index (χ1v) is 9.65. The lowest BCUT2D eigenvalue weighted by atomic mass is 9.91. The summed E-state index contributed by atoms with van der Waals surface area (Å²) in [6.45, 7) is 6.08. The summed E-state index contributed by atoms with van der Waals surface area (Å²) in [5, 5.41) is 11.2. The summed E-state index contributed by atoms with van der Waals surface area (Å²) in [6.07, 6.45) is 3.80. The average Bonchev–Trinajstić information content (AvgIpc) is 2.97. The maximum absolute atomic E-state index is 12.7. The van der Waals surface area contributed by atoms with Crippen LogP contribution < -0.4 is 10.6 Å². The van der Waals surface area contributed by atoms with Crippen molar-refractivity contribution >= 4 is 5.91 Å². The molecule has 0 aliphatic heterocycles. The predicted octanol–water partition coefficient (Wildman–Crippen LogP) is 2.50. The van der Waals surface area contributed by atoms with Crippen LogP contribution in [0.25, 0.3) is 0 Å². The Bertz CT molecular complexity index is 736. The number of rotatable bonds is 7. The largest absolute Gasteiger partial charge is 0.350 e. The molecule has 0 fully saturated rings. The molecule has 2 aromatic rings. The van der Waals surface area contributed by atoms with Crippen LogP contribution in [0.15, 0.2) is 30.3 Å². The van der Waals surface area contributed by atoms with Crippen molar-refractivity contribution in [3.63, 3.8) is 0 Å². The minimum absolute atomic E-state index is 0.0534. The predicted molar refractivity (Wildman–Crippen MR) is 104 cm³/mol. The molecule has 1 aliphatic carbocycles. The second-order valence-corrected chi connectivity index (χ2v) is 7.63. The SMILES string of the molecule is CC(C)CN[C@H]1CCc2c(c(C(=O)NCCc3ccccc3)nn2C)C1. The number of hydrogen-bond donors (Lipinski definition) is 2. The quantitative estimate of drug-likeness (QED) is 0.803. The van der Waals surface area contributed by atoms with Gasteiger partial charge in [-0.2, -0.15) is 5.10 Å². The van der Waals surface area contributed by atoms with Crippen molar-refractivity contribution in [2.75, 3.05) is 13.1 Å². The molecule has 2 N–H and O–H groups in total. The molecule has 5 heteroatoms. The van der Waals surface area contributed by atoms with Crippen molar-refractivity contribution in [2.24, 2.45) is 13.0 Å². The van der Waals surface area contributed by atoms with E-state index < -0.39 is 0 Å². The third-order valence-corrected chi connectivity index (χ3v) is 5.03. The van der Waals surface area contributed by atoms with Gasteiger partial charge in [0, 0.05) is 30.9 Å². The fraction of sp³-hybridized carbons (Fsp3) is 0.524. The number of fused-ring (bicyclic) bond motifs is 1. The zero-order chi connectivity index (χ0) is 18.5. The molecule has 0 saturated heterocycles. The van der Waals surface area contributed by atoms with Gasteiger partial charge < -0.3 is 10.6 Å². The van der Waals surface area contributed by atoms with E-state index in [1.807, 2.05) is 29.9 Å². The van der Waals surface area contributed by atoms with Crippen LogP contribution in [0, 0.1) is 5.92 Å². The van der Waals surface area contributed by atoms with E-state index in [-0.39, 0.29) is 5.91 Å². The fourth-order valence-corrected chi connectivity index (χ4v) is 3.60. The number of hydrogen-bond acceptors (Lipinski definition) is 3. The number of nitrogens with one attached hydrogen (secondary N) is 2. The van der Waals surface area contributed by atoms with Crippen LogP contribution in [0.5, 0.6) is 0 Å². The molecule has 3 rings (SSSR count). The Labute approximate surface area is 156 Å². The van der Waals surface area contributed by atoms with E-state index in [1.165, 1.54) is 11.3 Å². The van der Waals surface area contributed by atoms with E-state index >= 15 is 0 Å². The molecule has 0 saturated carbocycles. The summed E-state index contributed by atoms with van der Waals surface area (Å²) < 4.78 is 1.89. The highest BCUT2D eigenvalue weighted by molar-refractivity contribution is 5.94. The van der Waals surface area contributed by atoms with Gasteiger partial charge in [-0.15, -0.1) is 0 Å². The lowest BCUT2D eigenvalue weighted by molar-refractivity contribution is 0.0947. The lowest BCUT2D eigenvalue weighted by Gasteiger charge is -2.25. The normalized spacial score (nSPS) is 16.5. The van der Waals surface area contributed by atoms with E-state index in [9.17, 15) is 4.79 Å². The fourth-order valence-electron chi connectivity index (χ4n) is 3.60. The molecule has 26 heavy (non-hydrogen) atoms. The van der Waals surface area contributed by atoms with Gasteiger partial charge in [0.25, 0.3) is 5.91 Å². The Morgan fingerprint density at radius 3 is 2.81 bits per heavy atom. The molecule has 1 aromatic heterocycles. The Morgan fingerprint density at radius 2 is 2.08 bits per heavy atom. The first-order valence-electron chi connectivity index (χ1n) is 9.65. The average molecular weight is 354 g/mol. The highest BCUT2D eigenvalue weighted by Gasteiger charge is 2.28. The van der Waals surface area contributed by atoms with E-state index in [0.717, 1.165) is 37.8 Å². The third kappa shape index (κ3) is 4.52. The number of nitrogens with zero attached hydrogens (tertiary/aromatic N) is 2. The van der Waals surface area contributed by atoms with E-state index in [0.29, 0.717) is 24.2 Å². The molecule has 0 unspecified atom stereocenters. The summed E-state index contributed by atoms with van der Waals surface area (Å²) >= 11 is 0. The molecular weight excluding hydrogens is 324 g/mol. The summed E-state index contributed by atoms with van der Waals surface area (Å²) in [5.41, 5.74) is 4.17. The minimum atomic E-state index is -0.0534. The highest BCUT2D eigenvalue weighted by atomic mass is 16.1. The monoisotopic (exact) mass is 354 g/mol. The second-order valence-electron chi connectivity index (χ2n) is 7.63. The van der Waals surface area contributed by atoms with E-state index in [4.69, 9.17) is 0 Å². The second kappa shape index (κ2) is 8.49. The zero-order valence-corrected chi connectivity index (χ0v) is 16.1. The first kappa shape index (κ1) is 18.6. The molecule has 0 radical (unpaired) electrons. The van der Waals surface area contributed by atoms with E-state index in [1.54, 1.807) is 0 Å². The third-order valence-electron chi connectivity index (χ3n) is 5.03. The van der Waals surface area contributed by atoms with Crippen LogP contribution in [-0.4, -0.2) is 34.8 Å². The molecule has 1 amide bonds. The van der Waals surface area contributed by atoms with Crippen LogP contribution in [0.4, 0.5) is 0 Å². The van der Waals surface area contributed by atoms with Gasteiger partial charge in [-0.25, -0.2) is 0 Å². The Kier molecular flexibility index (Phi) is 6.09. The van der Waals surface area contributed by atoms with Gasteiger partial charge in [0.2, 0.25) is 0 Å². The van der Waals surface area contributed by atoms with Gasteiger partial charge in [-0.1, -0.05) is 44.2 Å². The van der Waals surface area contributed by atoms with Gasteiger partial charge >= 0.3 is 0 Å². The first-order chi connectivity index (χ1) is 12.5. The maximum atomic E-state index is 12.7. The zero-order valence-electron chi connectivity index (χ0n) is 16.1. The van der Waals surface area contributed by atoms with Crippen molar-refractivity contribution in [1.29, 1.82) is 0 Å². The maximum Gasteiger partial charge on any atom is 0.272 e. The summed E-state index contributed by atoms with van der Waals surface area (Å²) in [5.74, 6) is 0.577. The van der Waals surface area contributed by atoms with Crippen molar-refractivity contribution in [3.05, 3.63) is 52.8 Å². The van der Waals surface area contributed by atoms with Crippen LogP contribution >= 0.6 is 0 Å². The molecule has 5 nitrogen and oxygen atoms in total. The number of amides is 1.